The number of fused-ring (bicyclic) bond motifs is 4. The first kappa shape index (κ1) is 28.0. The molecular weight excluding hydrogens is 609 g/mol. The zero-order valence-corrected chi connectivity index (χ0v) is 24.7. The van der Waals surface area contributed by atoms with E-state index in [0.29, 0.717) is 24.4 Å². The van der Waals surface area contributed by atoms with Crippen LogP contribution in [0.4, 0.5) is 5.69 Å². The molecule has 3 aromatic heterocycles. The summed E-state index contributed by atoms with van der Waals surface area (Å²) in [6.45, 7) is 0.680. The van der Waals surface area contributed by atoms with Crippen LogP contribution in [0.3, 0.4) is 0 Å². The van der Waals surface area contributed by atoms with Crippen LogP contribution in [0.2, 0.25) is 0 Å². The first-order valence-corrected chi connectivity index (χ1v) is 17.5. The second kappa shape index (κ2) is 10.9. The maximum absolute atomic E-state index is 11.5. The van der Waals surface area contributed by atoms with Gasteiger partial charge in [-0.15, -0.1) is 0 Å². The highest BCUT2D eigenvalue weighted by atomic mass is 32.2. The van der Waals surface area contributed by atoms with Gasteiger partial charge in [-0.25, -0.2) is 0 Å². The third kappa shape index (κ3) is 6.08. The number of anilines is 1. The van der Waals surface area contributed by atoms with Crippen LogP contribution in [0.5, 0.6) is 0 Å². The van der Waals surface area contributed by atoms with E-state index in [2.05, 4.69) is 0 Å². The number of hydrogen-bond donors (Lipinski definition) is 2. The summed E-state index contributed by atoms with van der Waals surface area (Å²) >= 11 is 3.08. The predicted octanol–water partition coefficient (Wildman–Crippen LogP) is 5.66. The molecule has 0 aliphatic carbocycles. The molecule has 0 saturated carbocycles. The fourth-order valence-corrected chi connectivity index (χ4v) is 8.24. The quantitative estimate of drug-likeness (QED) is 0.146. The molecule has 1 aliphatic rings. The number of hydrogen-bond acceptors (Lipinski definition) is 9. The van der Waals surface area contributed by atoms with E-state index in [4.69, 9.17) is 8.83 Å². The highest BCUT2D eigenvalue weighted by molar-refractivity contribution is 8.04. The molecule has 2 aromatic carbocycles. The molecule has 2 N–H and O–H groups in total. The molecule has 0 amide bonds. The van der Waals surface area contributed by atoms with Gasteiger partial charge in [0.05, 0.1) is 46.2 Å². The number of thiazole rings is 1. The van der Waals surface area contributed by atoms with Crippen molar-refractivity contribution in [3.05, 3.63) is 71.1 Å². The molecule has 0 bridgehead atoms. The monoisotopic (exact) mass is 633 g/mol. The highest BCUT2D eigenvalue weighted by Gasteiger charge is 2.30. The van der Waals surface area contributed by atoms with E-state index in [1.165, 1.54) is 23.1 Å². The van der Waals surface area contributed by atoms with E-state index in [0.717, 1.165) is 41.8 Å². The van der Waals surface area contributed by atoms with Crippen LogP contribution < -0.4 is 9.47 Å². The second-order valence-electron chi connectivity index (χ2n) is 9.51. The smallest absolute Gasteiger partial charge is 0.265 e. The maximum atomic E-state index is 11.5. The first-order chi connectivity index (χ1) is 19.6. The summed E-state index contributed by atoms with van der Waals surface area (Å²) in [6.07, 6.45) is 5.63. The summed E-state index contributed by atoms with van der Waals surface area (Å²) in [7, 11) is -8.24. The summed E-state index contributed by atoms with van der Waals surface area (Å²) in [5.74, 6) is -0.0313. The predicted molar refractivity (Wildman–Crippen MR) is 159 cm³/mol. The van der Waals surface area contributed by atoms with Crippen LogP contribution in [-0.4, -0.2) is 44.0 Å². The van der Waals surface area contributed by atoms with Gasteiger partial charge in [0.25, 0.3) is 25.2 Å². The van der Waals surface area contributed by atoms with Gasteiger partial charge in [-0.1, -0.05) is 23.1 Å². The molecule has 41 heavy (non-hydrogen) atoms. The third-order valence-electron chi connectivity index (χ3n) is 6.67. The van der Waals surface area contributed by atoms with Gasteiger partial charge in [0.2, 0.25) is 5.52 Å². The molecule has 1 aliphatic heterocycles. The highest BCUT2D eigenvalue weighted by Crippen LogP contribution is 2.48. The van der Waals surface area contributed by atoms with E-state index in [-0.39, 0.29) is 24.3 Å². The van der Waals surface area contributed by atoms with Crippen molar-refractivity contribution < 1.29 is 39.3 Å². The molecule has 0 unspecified atom stereocenters. The van der Waals surface area contributed by atoms with Gasteiger partial charge < -0.3 is 13.7 Å². The fourth-order valence-electron chi connectivity index (χ4n) is 4.93. The lowest BCUT2D eigenvalue weighted by Crippen LogP contribution is -2.36. The Morgan fingerprint density at radius 3 is 2.49 bits per heavy atom. The summed E-state index contributed by atoms with van der Waals surface area (Å²) in [4.78, 5) is 3.01. The molecular formula is C27H25N2O8S4+. The summed E-state index contributed by atoms with van der Waals surface area (Å²) in [5.41, 5.74) is 3.38. The van der Waals surface area contributed by atoms with Crippen LogP contribution in [-0.2, 0) is 26.8 Å². The molecule has 6 rings (SSSR count). The number of aromatic nitrogens is 1. The number of nitrogens with zero attached hydrogens (tertiary/aromatic N) is 2. The molecule has 0 atom stereocenters. The average molecular weight is 634 g/mol. The zero-order valence-electron chi connectivity index (χ0n) is 21.5. The summed E-state index contributed by atoms with van der Waals surface area (Å²) in [6, 6.07) is 15.4. The average Bonchev–Trinajstić information content (AvgIpc) is 3.69. The standard InChI is InChI=1S/C27H24N2O8S4/c30-40(31,32)14-2-10-28-20-16-18(21-4-1-12-36-21)5-7-23(20)38-25(28)17-26-29(11-3-15-41(33,34)35)27-19-9-13-37-22(19)6-8-24(27)39-26/h1,4-9,12-13,16-17H,2-3,10-11,14-15H2,(H-,30,31,32,33,34,35)/p+1. The normalized spacial score (nSPS) is 15.0. The molecule has 5 aromatic rings. The van der Waals surface area contributed by atoms with Crippen LogP contribution in [0.15, 0.2) is 79.8 Å². The van der Waals surface area contributed by atoms with Gasteiger partial charge >= 0.3 is 0 Å². The van der Waals surface area contributed by atoms with Crippen molar-refractivity contribution in [3.63, 3.8) is 0 Å². The fraction of sp³-hybridized carbons (Fsp3) is 0.222. The van der Waals surface area contributed by atoms with Crippen molar-refractivity contribution in [2.45, 2.75) is 24.3 Å². The second-order valence-corrected chi connectivity index (χ2v) is 14.8. The van der Waals surface area contributed by atoms with Gasteiger partial charge in [0.15, 0.2) is 6.54 Å². The van der Waals surface area contributed by atoms with Crippen molar-refractivity contribution in [3.8, 4) is 11.3 Å². The van der Waals surface area contributed by atoms with E-state index in [1.807, 2.05) is 64.1 Å². The number of benzene rings is 2. The maximum Gasteiger partial charge on any atom is 0.265 e. The van der Waals surface area contributed by atoms with Crippen molar-refractivity contribution in [1.29, 1.82) is 0 Å². The summed E-state index contributed by atoms with van der Waals surface area (Å²) < 4.78 is 78.7. The molecule has 14 heteroatoms. The minimum absolute atomic E-state index is 0.206. The van der Waals surface area contributed by atoms with Crippen LogP contribution in [0.1, 0.15) is 17.8 Å². The summed E-state index contributed by atoms with van der Waals surface area (Å²) in [5, 5.41) is 2.60. The van der Waals surface area contributed by atoms with Gasteiger partial charge in [-0.3, -0.25) is 9.11 Å². The molecule has 0 spiro atoms. The lowest BCUT2D eigenvalue weighted by molar-refractivity contribution is -0.667. The molecule has 0 fully saturated rings. The first-order valence-electron chi connectivity index (χ1n) is 12.6. The topological polar surface area (TPSA) is 142 Å². The Bertz CT molecular complexity index is 1990. The molecule has 0 radical (unpaired) electrons. The van der Waals surface area contributed by atoms with Gasteiger partial charge in [0, 0.05) is 23.4 Å². The Balaban J connectivity index is 1.43. The number of thioether (sulfide) groups is 1. The largest absolute Gasteiger partial charge is 0.464 e. The molecule has 4 heterocycles. The van der Waals surface area contributed by atoms with Crippen LogP contribution in [0, 0.1) is 0 Å². The van der Waals surface area contributed by atoms with Crippen LogP contribution in [0.25, 0.3) is 38.6 Å². The minimum Gasteiger partial charge on any atom is -0.464 e. The number of aryl methyl sites for hydroxylation is 1. The van der Waals surface area contributed by atoms with E-state index in [9.17, 15) is 25.9 Å². The molecule has 10 nitrogen and oxygen atoms in total. The van der Waals surface area contributed by atoms with Crippen molar-refractivity contribution >= 4 is 76.3 Å². The molecule has 0 saturated heterocycles. The van der Waals surface area contributed by atoms with E-state index in [1.54, 1.807) is 12.5 Å². The zero-order chi connectivity index (χ0) is 28.8. The Morgan fingerprint density at radius 2 is 1.73 bits per heavy atom. The van der Waals surface area contributed by atoms with Crippen molar-refractivity contribution in [2.24, 2.45) is 0 Å². The Hall–Kier alpha value is -3.14. The Kier molecular flexibility index (Phi) is 7.46. The minimum atomic E-state index is -4.12. The Morgan fingerprint density at radius 1 is 0.927 bits per heavy atom. The third-order valence-corrected chi connectivity index (χ3v) is 10.5. The Labute approximate surface area is 244 Å². The molecule has 214 valence electrons. The van der Waals surface area contributed by atoms with Crippen LogP contribution >= 0.6 is 23.1 Å². The van der Waals surface area contributed by atoms with Crippen molar-refractivity contribution in [2.75, 3.05) is 23.0 Å². The van der Waals surface area contributed by atoms with E-state index >= 15 is 0 Å². The lowest BCUT2D eigenvalue weighted by Gasteiger charge is -2.20. The van der Waals surface area contributed by atoms with Gasteiger partial charge in [0.1, 0.15) is 16.0 Å². The van der Waals surface area contributed by atoms with E-state index < -0.39 is 20.2 Å². The van der Waals surface area contributed by atoms with Crippen molar-refractivity contribution in [1.82, 2.24) is 0 Å². The number of furan rings is 2. The lowest BCUT2D eigenvalue weighted by atomic mass is 10.1. The number of rotatable bonds is 10. The van der Waals surface area contributed by atoms with Gasteiger partial charge in [-0.2, -0.15) is 21.4 Å². The SMILES string of the molecule is O=S(=O)(O)CCCN1C(=Cc2sc3ccc4occc4c3[n+]2CCCS(=O)(=O)O)Sc2ccc(-c3ccco3)cc21. The van der Waals surface area contributed by atoms with Gasteiger partial charge in [-0.05, 0) is 55.0 Å².